The predicted octanol–water partition coefficient (Wildman–Crippen LogP) is 3.09. The van der Waals surface area contributed by atoms with Crippen molar-refractivity contribution in [3.63, 3.8) is 0 Å². The summed E-state index contributed by atoms with van der Waals surface area (Å²) < 4.78 is 5.27. The largest absolute Gasteiger partial charge is 0.467 e. The number of alkyl halides is 1. The van der Waals surface area contributed by atoms with Gasteiger partial charge in [0.15, 0.2) is 0 Å². The van der Waals surface area contributed by atoms with E-state index in [1.807, 2.05) is 30.3 Å². The molecular weight excluding hydrogens is 262 g/mol. The minimum Gasteiger partial charge on any atom is -0.467 e. The molecular formula is C15H16ClNO2. The number of hydrogen-bond acceptors (Lipinski definition) is 2. The van der Waals surface area contributed by atoms with E-state index in [1.165, 1.54) is 5.56 Å². The molecule has 1 heterocycles. The zero-order valence-electron chi connectivity index (χ0n) is 10.6. The molecule has 0 fully saturated rings. The molecule has 0 radical (unpaired) electrons. The van der Waals surface area contributed by atoms with E-state index >= 15 is 0 Å². The summed E-state index contributed by atoms with van der Waals surface area (Å²) >= 11 is 5.65. The number of carbonyl (C=O) groups is 1. The van der Waals surface area contributed by atoms with Gasteiger partial charge >= 0.3 is 0 Å². The highest BCUT2D eigenvalue weighted by atomic mass is 35.5. The molecule has 3 nitrogen and oxygen atoms in total. The van der Waals surface area contributed by atoms with Crippen molar-refractivity contribution in [2.45, 2.75) is 13.0 Å². The van der Waals surface area contributed by atoms with Crippen LogP contribution in [0.25, 0.3) is 0 Å². The fourth-order valence-electron chi connectivity index (χ4n) is 1.88. The third-order valence-electron chi connectivity index (χ3n) is 2.91. The molecule has 0 aliphatic carbocycles. The summed E-state index contributed by atoms with van der Waals surface area (Å²) in [7, 11) is 0. The number of rotatable bonds is 6. The van der Waals surface area contributed by atoms with Crippen LogP contribution in [0.5, 0.6) is 0 Å². The van der Waals surface area contributed by atoms with Gasteiger partial charge in [0.05, 0.1) is 12.8 Å². The summed E-state index contributed by atoms with van der Waals surface area (Å²) in [6, 6.07) is 13.7. The van der Waals surface area contributed by atoms with Crippen molar-refractivity contribution in [3.05, 3.63) is 60.1 Å². The molecule has 4 heteroatoms. The number of benzene rings is 1. The van der Waals surface area contributed by atoms with Crippen LogP contribution in [0, 0.1) is 0 Å². The number of amides is 1. The predicted molar refractivity (Wildman–Crippen MR) is 75.0 cm³/mol. The smallest absolute Gasteiger partial charge is 0.237 e. The van der Waals surface area contributed by atoms with E-state index in [4.69, 9.17) is 16.0 Å². The fraction of sp³-hybridized carbons (Fsp3) is 0.267. The molecule has 2 rings (SSSR count). The van der Waals surface area contributed by atoms with Gasteiger partial charge in [-0.25, -0.2) is 0 Å². The second-order valence-electron chi connectivity index (χ2n) is 4.26. The molecule has 100 valence electrons. The molecule has 0 aliphatic heterocycles. The molecule has 0 spiro atoms. The van der Waals surface area contributed by atoms with Crippen LogP contribution in [0.3, 0.4) is 0 Å². The van der Waals surface area contributed by atoms with Gasteiger partial charge in [-0.05, 0) is 24.1 Å². The maximum absolute atomic E-state index is 11.8. The first-order valence-electron chi connectivity index (χ1n) is 6.19. The third kappa shape index (κ3) is 4.14. The van der Waals surface area contributed by atoms with Gasteiger partial charge < -0.3 is 9.32 Å². The number of nitrogens with zero attached hydrogens (tertiary/aromatic N) is 1. The monoisotopic (exact) mass is 277 g/mol. The summed E-state index contributed by atoms with van der Waals surface area (Å²) in [5.41, 5.74) is 1.20. The minimum atomic E-state index is -0.0750. The molecule has 0 aliphatic rings. The Kier molecular flexibility index (Phi) is 5.04. The van der Waals surface area contributed by atoms with Crippen LogP contribution in [-0.4, -0.2) is 23.2 Å². The lowest BCUT2D eigenvalue weighted by Gasteiger charge is -2.20. The van der Waals surface area contributed by atoms with Crippen LogP contribution in [0.4, 0.5) is 0 Å². The van der Waals surface area contributed by atoms with Crippen LogP contribution in [-0.2, 0) is 17.8 Å². The fourth-order valence-corrected chi connectivity index (χ4v) is 2.04. The van der Waals surface area contributed by atoms with E-state index in [-0.39, 0.29) is 11.8 Å². The lowest BCUT2D eigenvalue weighted by atomic mass is 10.1. The summed E-state index contributed by atoms with van der Waals surface area (Å²) in [5, 5.41) is 0. The summed E-state index contributed by atoms with van der Waals surface area (Å²) in [5.74, 6) is 0.690. The van der Waals surface area contributed by atoms with Gasteiger partial charge in [-0.15, -0.1) is 11.6 Å². The molecule has 0 atom stereocenters. The highest BCUT2D eigenvalue weighted by Crippen LogP contribution is 2.08. The van der Waals surface area contributed by atoms with Crippen molar-refractivity contribution < 1.29 is 9.21 Å². The molecule has 0 saturated heterocycles. The molecule has 2 aromatic rings. The second kappa shape index (κ2) is 7.00. The van der Waals surface area contributed by atoms with Crippen molar-refractivity contribution in [2.24, 2.45) is 0 Å². The second-order valence-corrected chi connectivity index (χ2v) is 4.53. The Morgan fingerprint density at radius 2 is 1.95 bits per heavy atom. The zero-order valence-corrected chi connectivity index (χ0v) is 11.3. The molecule has 0 bridgehead atoms. The van der Waals surface area contributed by atoms with Gasteiger partial charge in [0, 0.05) is 6.54 Å². The van der Waals surface area contributed by atoms with Gasteiger partial charge in [-0.2, -0.15) is 0 Å². The van der Waals surface area contributed by atoms with Crippen LogP contribution in [0.1, 0.15) is 11.3 Å². The van der Waals surface area contributed by atoms with Gasteiger partial charge in [0.2, 0.25) is 5.91 Å². The first-order valence-corrected chi connectivity index (χ1v) is 6.73. The summed E-state index contributed by atoms with van der Waals surface area (Å²) in [4.78, 5) is 13.5. The average Bonchev–Trinajstić information content (AvgIpc) is 2.96. The molecule has 0 N–H and O–H groups in total. The minimum absolute atomic E-state index is 0.00447. The maximum atomic E-state index is 11.8. The Labute approximate surface area is 117 Å². The Balaban J connectivity index is 1.96. The topological polar surface area (TPSA) is 33.5 Å². The number of carbonyl (C=O) groups excluding carboxylic acids is 1. The highest BCUT2D eigenvalue weighted by Gasteiger charge is 2.14. The van der Waals surface area contributed by atoms with Crippen LogP contribution in [0.15, 0.2) is 53.1 Å². The first-order chi connectivity index (χ1) is 9.29. The normalized spacial score (nSPS) is 10.4. The van der Waals surface area contributed by atoms with Crippen LogP contribution in [0.2, 0.25) is 0 Å². The number of furan rings is 1. The number of hydrogen-bond donors (Lipinski definition) is 0. The summed E-state index contributed by atoms with van der Waals surface area (Å²) in [6.07, 6.45) is 2.42. The Bertz CT molecular complexity index is 496. The Morgan fingerprint density at radius 1 is 1.16 bits per heavy atom. The van der Waals surface area contributed by atoms with Crippen LogP contribution >= 0.6 is 11.6 Å². The maximum Gasteiger partial charge on any atom is 0.237 e. The SMILES string of the molecule is O=C(CCl)N(CCc1ccccc1)Cc1ccco1. The molecule has 19 heavy (non-hydrogen) atoms. The van der Waals surface area contributed by atoms with Gasteiger partial charge in [0.25, 0.3) is 0 Å². The lowest BCUT2D eigenvalue weighted by molar-refractivity contribution is -0.129. The molecule has 1 aromatic heterocycles. The van der Waals surface area contributed by atoms with Crippen molar-refractivity contribution in [2.75, 3.05) is 12.4 Å². The average molecular weight is 278 g/mol. The Hall–Kier alpha value is -1.74. The van der Waals surface area contributed by atoms with Crippen LogP contribution < -0.4 is 0 Å². The van der Waals surface area contributed by atoms with E-state index in [0.717, 1.165) is 12.2 Å². The van der Waals surface area contributed by atoms with Gasteiger partial charge in [-0.3, -0.25) is 4.79 Å². The van der Waals surface area contributed by atoms with E-state index in [9.17, 15) is 4.79 Å². The van der Waals surface area contributed by atoms with Crippen molar-refractivity contribution >= 4 is 17.5 Å². The lowest BCUT2D eigenvalue weighted by Crippen LogP contribution is -2.33. The van der Waals surface area contributed by atoms with Crippen molar-refractivity contribution in [1.82, 2.24) is 4.90 Å². The van der Waals surface area contributed by atoms with Gasteiger partial charge in [-0.1, -0.05) is 30.3 Å². The van der Waals surface area contributed by atoms with E-state index in [0.29, 0.717) is 13.1 Å². The summed E-state index contributed by atoms with van der Waals surface area (Å²) in [6.45, 7) is 1.10. The standard InChI is InChI=1S/C15H16ClNO2/c16-11-15(18)17(12-14-7-4-10-19-14)9-8-13-5-2-1-3-6-13/h1-7,10H,8-9,11-12H2. The van der Waals surface area contributed by atoms with Gasteiger partial charge in [0.1, 0.15) is 11.6 Å². The molecule has 0 unspecified atom stereocenters. The number of halogens is 1. The third-order valence-corrected chi connectivity index (χ3v) is 3.14. The Morgan fingerprint density at radius 3 is 2.58 bits per heavy atom. The quantitative estimate of drug-likeness (QED) is 0.760. The van der Waals surface area contributed by atoms with E-state index in [2.05, 4.69) is 12.1 Å². The molecule has 0 saturated carbocycles. The van der Waals surface area contributed by atoms with E-state index in [1.54, 1.807) is 11.2 Å². The molecule has 1 amide bonds. The van der Waals surface area contributed by atoms with Crippen molar-refractivity contribution in [3.8, 4) is 0 Å². The highest BCUT2D eigenvalue weighted by molar-refractivity contribution is 6.27. The first kappa shape index (κ1) is 13.7. The van der Waals surface area contributed by atoms with Crippen molar-refractivity contribution in [1.29, 1.82) is 0 Å². The van der Waals surface area contributed by atoms with E-state index < -0.39 is 0 Å². The zero-order chi connectivity index (χ0) is 13.5. The molecule has 1 aromatic carbocycles.